The van der Waals surface area contributed by atoms with Gasteiger partial charge in [-0.1, -0.05) is 50.3 Å². The molecule has 0 aromatic carbocycles. The summed E-state index contributed by atoms with van der Waals surface area (Å²) in [6.07, 6.45) is -2.29. The number of pyridine rings is 1. The van der Waals surface area contributed by atoms with Gasteiger partial charge in [0.2, 0.25) is 0 Å². The first-order valence-electron chi connectivity index (χ1n) is 20.2. The Hall–Kier alpha value is -3.94. The molecular weight excluding hydrogens is 785 g/mol. The maximum atomic E-state index is 14.7. The molecule has 2 aromatic rings. The Morgan fingerprint density at radius 1 is 1.05 bits per heavy atom. The van der Waals surface area contributed by atoms with E-state index in [9.17, 15) is 24.3 Å². The van der Waals surface area contributed by atoms with Crippen molar-refractivity contribution in [1.29, 1.82) is 0 Å². The second-order valence-electron chi connectivity index (χ2n) is 16.8. The Balaban J connectivity index is 1.49. The molecule has 3 fully saturated rings. The summed E-state index contributed by atoms with van der Waals surface area (Å²) in [6.45, 7) is 13.4. The number of carbonyl (C=O) groups is 4. The van der Waals surface area contributed by atoms with E-state index in [1.54, 1.807) is 59.9 Å². The van der Waals surface area contributed by atoms with Crippen LogP contribution in [0.3, 0.4) is 0 Å². The molecule has 1 unspecified atom stereocenters. The fraction of sp³-hybridized carbons (Fsp3) is 0.707. The van der Waals surface area contributed by atoms with Crippen LogP contribution in [-0.2, 0) is 54.3 Å². The third-order valence-electron chi connectivity index (χ3n) is 12.4. The zero-order chi connectivity index (χ0) is 43.6. The summed E-state index contributed by atoms with van der Waals surface area (Å²) >= 11 is 1.25. The minimum absolute atomic E-state index is 0.0540. The van der Waals surface area contributed by atoms with Gasteiger partial charge in [0.05, 0.1) is 17.8 Å². The summed E-state index contributed by atoms with van der Waals surface area (Å²) in [5.41, 5.74) is 4.28. The number of ketones is 2. The number of aliphatic hydroxyl groups excluding tert-OH is 1. The molecule has 0 spiro atoms. The lowest BCUT2D eigenvalue weighted by Gasteiger charge is -2.47. The minimum atomic E-state index is -1.57. The number of Topliss-reactive ketones (excluding diaryl/α,β-unsaturated/α-hetero) is 2. The van der Waals surface area contributed by atoms with Gasteiger partial charge in [0.1, 0.15) is 35.5 Å². The number of carbonyl (C=O) groups excluding carboxylic acids is 4. The van der Waals surface area contributed by atoms with E-state index in [0.717, 1.165) is 0 Å². The highest BCUT2D eigenvalue weighted by atomic mass is 32.1. The van der Waals surface area contributed by atoms with Crippen LogP contribution in [0.2, 0.25) is 0 Å². The number of aromatic nitrogens is 3. The molecule has 17 nitrogen and oxygen atoms in total. The first-order valence-corrected chi connectivity index (χ1v) is 21.0. The average molecular weight is 845 g/mol. The number of rotatable bonds is 10. The molecule has 0 saturated carbocycles. The smallest absolute Gasteiger partial charge is 0.317 e. The molecule has 5 heterocycles. The first-order chi connectivity index (χ1) is 27.8. The van der Waals surface area contributed by atoms with E-state index in [1.165, 1.54) is 25.4 Å². The summed E-state index contributed by atoms with van der Waals surface area (Å²) in [4.78, 5) is 68.7. The van der Waals surface area contributed by atoms with Gasteiger partial charge in [-0.25, -0.2) is 0 Å². The maximum absolute atomic E-state index is 14.7. The Morgan fingerprint density at radius 3 is 2.39 bits per heavy atom. The molecule has 0 amide bonds. The molecule has 5 rings (SSSR count). The first kappa shape index (κ1) is 46.1. The number of methoxy groups -OCH3 is 1. The molecule has 2 aromatic heterocycles. The Labute approximate surface area is 349 Å². The summed E-state index contributed by atoms with van der Waals surface area (Å²) in [7, 11) is 5.16. The van der Waals surface area contributed by atoms with Gasteiger partial charge >= 0.3 is 11.9 Å². The Kier molecular flexibility index (Phi) is 14.7. The van der Waals surface area contributed by atoms with Crippen molar-refractivity contribution in [2.24, 2.45) is 46.4 Å². The molecule has 3 aliphatic rings. The SMILES string of the molecule is CC[C@@H]1OC(=O)[C@H](C)C(=O)[C@H](C)[C@@H](OC2O[C@H](C)C[C@H](N(C)C)[C@H]2O)[C@](C)(OC)C[C@@H](C)C(=O)[C@H](C)[C@H]2[C@H](/C(N)=N/OCc3nnc(-c4ccccn4)s3)C(=O)O[C@]21C. The number of nitrogens with zero attached hydrogens (tertiary/aromatic N) is 5. The van der Waals surface area contributed by atoms with Crippen LogP contribution in [0.25, 0.3) is 10.7 Å². The standard InChI is InChI=1S/C41H60N6O11S/c1-12-27-41(8)30(29(38(52)58-41)35(42)46-54-19-28-44-45-36(59-28)25-15-13-14-16-43-25)22(4)31(48)20(2)18-40(7,53-11)34(23(5)32(49)24(6)37(51)56-27)57-39-33(50)26(47(9)10)17-21(3)55-39/h13-16,20-24,26-27,29-30,33-34,39,50H,12,17-19H2,1-11H3,(H2,42,46)/t20-,21-,22-,23+,24-,26+,27+,29-,30+,33-,34-,39?,40-,41+/m1/s1. The van der Waals surface area contributed by atoms with Crippen LogP contribution in [0.1, 0.15) is 79.7 Å². The quantitative estimate of drug-likeness (QED) is 0.115. The predicted molar refractivity (Wildman–Crippen MR) is 215 cm³/mol. The van der Waals surface area contributed by atoms with Crippen molar-refractivity contribution >= 4 is 40.7 Å². The number of ether oxygens (including phenoxy) is 5. The van der Waals surface area contributed by atoms with Gasteiger partial charge in [0, 0.05) is 43.0 Å². The van der Waals surface area contributed by atoms with E-state index in [4.69, 9.17) is 34.3 Å². The minimum Gasteiger partial charge on any atom is -0.458 e. The second-order valence-corrected chi connectivity index (χ2v) is 17.9. The number of nitrogens with two attached hydrogens (primary N) is 1. The summed E-state index contributed by atoms with van der Waals surface area (Å²) in [5.74, 6) is -8.83. The highest BCUT2D eigenvalue weighted by molar-refractivity contribution is 7.14. The van der Waals surface area contributed by atoms with E-state index in [-0.39, 0.29) is 43.2 Å². The lowest BCUT2D eigenvalue weighted by atomic mass is 9.67. The Bertz CT molecular complexity index is 1850. The number of hydrogen-bond acceptors (Lipinski definition) is 17. The van der Waals surface area contributed by atoms with Crippen LogP contribution in [0, 0.1) is 35.5 Å². The highest BCUT2D eigenvalue weighted by Crippen LogP contribution is 2.48. The van der Waals surface area contributed by atoms with Crippen molar-refractivity contribution in [3.63, 3.8) is 0 Å². The van der Waals surface area contributed by atoms with Crippen molar-refractivity contribution < 1.29 is 52.8 Å². The number of likely N-dealkylation sites (N-methyl/N-ethyl adjacent to an activating group) is 1. The molecule has 0 radical (unpaired) electrons. The summed E-state index contributed by atoms with van der Waals surface area (Å²) < 4.78 is 31.0. The van der Waals surface area contributed by atoms with Crippen molar-refractivity contribution in [1.82, 2.24) is 20.1 Å². The molecule has 59 heavy (non-hydrogen) atoms. The fourth-order valence-electron chi connectivity index (χ4n) is 9.07. The zero-order valence-corrected chi connectivity index (χ0v) is 36.6. The molecule has 3 saturated heterocycles. The third-order valence-corrected chi connectivity index (χ3v) is 13.3. The topological polar surface area (TPSA) is 224 Å². The summed E-state index contributed by atoms with van der Waals surface area (Å²) in [5, 5.41) is 24.9. The van der Waals surface area contributed by atoms with Gasteiger partial charge in [0.25, 0.3) is 0 Å². The van der Waals surface area contributed by atoms with Gasteiger partial charge in [-0.05, 0) is 73.2 Å². The molecule has 3 aliphatic heterocycles. The normalized spacial score (nSPS) is 37.7. The number of hydrogen-bond donors (Lipinski definition) is 2. The Morgan fingerprint density at radius 2 is 1.76 bits per heavy atom. The van der Waals surface area contributed by atoms with Crippen LogP contribution in [0.4, 0.5) is 0 Å². The van der Waals surface area contributed by atoms with Gasteiger partial charge in [0.15, 0.2) is 40.1 Å². The van der Waals surface area contributed by atoms with Crippen molar-refractivity contribution in [3.8, 4) is 10.7 Å². The van der Waals surface area contributed by atoms with Crippen LogP contribution in [-0.4, -0.2) is 124 Å². The monoisotopic (exact) mass is 844 g/mol. The van der Waals surface area contributed by atoms with Crippen LogP contribution in [0.5, 0.6) is 0 Å². The molecule has 0 aliphatic carbocycles. The lowest BCUT2D eigenvalue weighted by Crippen LogP contribution is -2.59. The fourth-order valence-corrected chi connectivity index (χ4v) is 9.79. The lowest BCUT2D eigenvalue weighted by molar-refractivity contribution is -0.295. The predicted octanol–water partition coefficient (Wildman–Crippen LogP) is 3.56. The van der Waals surface area contributed by atoms with Gasteiger partial charge in [-0.2, -0.15) is 0 Å². The number of aliphatic hydroxyl groups is 1. The van der Waals surface area contributed by atoms with E-state index in [1.807, 2.05) is 32.0 Å². The molecule has 14 atom stereocenters. The van der Waals surface area contributed by atoms with Crippen molar-refractivity contribution in [2.75, 3.05) is 21.2 Å². The molecule has 0 bridgehead atoms. The van der Waals surface area contributed by atoms with Crippen LogP contribution < -0.4 is 5.73 Å². The largest absolute Gasteiger partial charge is 0.458 e. The van der Waals surface area contributed by atoms with Gasteiger partial charge in [-0.15, -0.1) is 10.2 Å². The zero-order valence-electron chi connectivity index (χ0n) is 35.8. The number of amidine groups is 1. The molecule has 326 valence electrons. The number of oxime groups is 1. The van der Waals surface area contributed by atoms with Crippen LogP contribution in [0.15, 0.2) is 29.6 Å². The van der Waals surface area contributed by atoms with E-state index in [0.29, 0.717) is 22.1 Å². The highest BCUT2D eigenvalue weighted by Gasteiger charge is 2.62. The van der Waals surface area contributed by atoms with E-state index in [2.05, 4.69) is 20.3 Å². The van der Waals surface area contributed by atoms with Gasteiger partial charge < -0.3 is 44.3 Å². The molecule has 3 N–H and O–H groups in total. The number of esters is 2. The molecular formula is C41H60N6O11S. The van der Waals surface area contributed by atoms with E-state index < -0.39 is 89.0 Å². The molecule has 18 heteroatoms. The van der Waals surface area contributed by atoms with Crippen molar-refractivity contribution in [2.45, 2.75) is 129 Å². The van der Waals surface area contributed by atoms with Crippen molar-refractivity contribution in [3.05, 3.63) is 29.4 Å². The van der Waals surface area contributed by atoms with Gasteiger partial charge in [-0.3, -0.25) is 24.2 Å². The average Bonchev–Trinajstić information content (AvgIpc) is 3.79. The number of fused-ring (bicyclic) bond motifs is 1. The maximum Gasteiger partial charge on any atom is 0.317 e. The summed E-state index contributed by atoms with van der Waals surface area (Å²) in [6, 6.07) is 5.13. The van der Waals surface area contributed by atoms with Crippen LogP contribution >= 0.6 is 11.3 Å². The van der Waals surface area contributed by atoms with E-state index >= 15 is 0 Å². The second kappa shape index (κ2) is 18.8. The third kappa shape index (κ3) is 9.52. The number of cyclic esters (lactones) is 1.